The second kappa shape index (κ2) is 7.44. The second-order valence-electron chi connectivity index (χ2n) is 5.56. The summed E-state index contributed by atoms with van der Waals surface area (Å²) < 4.78 is 0.569. The zero-order valence-electron chi connectivity index (χ0n) is 13.7. The Balaban J connectivity index is 2.10. The lowest BCUT2D eigenvalue weighted by Gasteiger charge is -2.21. The number of nitrogens with zero attached hydrogens (tertiary/aromatic N) is 2. The van der Waals surface area contributed by atoms with E-state index in [0.717, 1.165) is 16.8 Å². The third-order valence-electron chi connectivity index (χ3n) is 3.68. The molecule has 6 nitrogen and oxygen atoms in total. The zero-order chi connectivity index (χ0) is 17.9. The minimum absolute atomic E-state index is 0.000915. The summed E-state index contributed by atoms with van der Waals surface area (Å²) in [4.78, 5) is 24.4. The molecular formula is C17H18BrN3O3. The van der Waals surface area contributed by atoms with Crippen molar-refractivity contribution in [2.75, 3.05) is 23.8 Å². The Labute approximate surface area is 148 Å². The van der Waals surface area contributed by atoms with Crippen LogP contribution in [0.25, 0.3) is 0 Å². The van der Waals surface area contributed by atoms with Crippen molar-refractivity contribution in [3.8, 4) is 0 Å². The van der Waals surface area contributed by atoms with Gasteiger partial charge in [0.05, 0.1) is 17.2 Å². The molecule has 0 bridgehead atoms. The third kappa shape index (κ3) is 4.11. The Hall–Kier alpha value is -2.41. The van der Waals surface area contributed by atoms with Crippen LogP contribution in [0.3, 0.4) is 0 Å². The lowest BCUT2D eigenvalue weighted by molar-refractivity contribution is -0.384. The molecule has 0 saturated carbocycles. The molecule has 126 valence electrons. The van der Waals surface area contributed by atoms with Crippen molar-refractivity contribution in [1.29, 1.82) is 0 Å². The first-order chi connectivity index (χ1) is 11.3. The molecule has 2 aromatic rings. The van der Waals surface area contributed by atoms with Gasteiger partial charge in [0.25, 0.3) is 5.69 Å². The van der Waals surface area contributed by atoms with E-state index in [-0.39, 0.29) is 18.1 Å². The van der Waals surface area contributed by atoms with Crippen LogP contribution >= 0.6 is 15.9 Å². The van der Waals surface area contributed by atoms with Crippen molar-refractivity contribution >= 4 is 38.9 Å². The monoisotopic (exact) mass is 391 g/mol. The van der Waals surface area contributed by atoms with E-state index in [1.54, 1.807) is 18.0 Å². The molecule has 0 atom stereocenters. The van der Waals surface area contributed by atoms with Crippen molar-refractivity contribution < 1.29 is 9.72 Å². The summed E-state index contributed by atoms with van der Waals surface area (Å²) in [6.07, 6.45) is 0. The maximum atomic E-state index is 12.3. The van der Waals surface area contributed by atoms with Gasteiger partial charge in [0.1, 0.15) is 0 Å². The summed E-state index contributed by atoms with van der Waals surface area (Å²) in [5.41, 5.74) is 3.53. The first-order valence-electron chi connectivity index (χ1n) is 7.30. The Bertz CT molecular complexity index is 772. The number of nitrogens with one attached hydrogen (secondary N) is 1. The zero-order valence-corrected chi connectivity index (χ0v) is 15.3. The molecular weight excluding hydrogens is 374 g/mol. The highest BCUT2D eigenvalue weighted by atomic mass is 79.9. The molecule has 0 heterocycles. The fourth-order valence-electron chi connectivity index (χ4n) is 2.41. The molecule has 0 saturated heterocycles. The standard InChI is InChI=1S/C17H18BrN3O3/c1-11-5-4-6-12(2)17(11)19-16(22)10-20(3)15-8-7-13(21(23)24)9-14(15)18/h4-9H,10H2,1-3H3,(H,19,22). The predicted molar refractivity (Wildman–Crippen MR) is 98.6 cm³/mol. The van der Waals surface area contributed by atoms with Crippen molar-refractivity contribution in [3.63, 3.8) is 0 Å². The van der Waals surface area contributed by atoms with E-state index in [2.05, 4.69) is 21.2 Å². The van der Waals surface area contributed by atoms with E-state index in [4.69, 9.17) is 0 Å². The topological polar surface area (TPSA) is 75.5 Å². The molecule has 0 aliphatic rings. The van der Waals surface area contributed by atoms with Crippen molar-refractivity contribution in [2.24, 2.45) is 0 Å². The minimum Gasteiger partial charge on any atom is -0.364 e. The van der Waals surface area contributed by atoms with Gasteiger partial charge in [-0.1, -0.05) is 18.2 Å². The summed E-state index contributed by atoms with van der Waals surface area (Å²) in [6, 6.07) is 10.3. The highest BCUT2D eigenvalue weighted by Gasteiger charge is 2.15. The Morgan fingerprint density at radius 1 is 1.25 bits per heavy atom. The summed E-state index contributed by atoms with van der Waals surface area (Å²) in [5, 5.41) is 13.7. The number of carbonyl (C=O) groups excluding carboxylic acids is 1. The van der Waals surface area contributed by atoms with Crippen molar-refractivity contribution in [1.82, 2.24) is 0 Å². The molecule has 0 fully saturated rings. The van der Waals surface area contributed by atoms with E-state index in [1.165, 1.54) is 12.1 Å². The van der Waals surface area contributed by atoms with Gasteiger partial charge in [-0.25, -0.2) is 0 Å². The highest BCUT2D eigenvalue weighted by molar-refractivity contribution is 9.10. The molecule has 0 unspecified atom stereocenters. The van der Waals surface area contributed by atoms with Gasteiger partial charge in [0.2, 0.25) is 5.91 Å². The number of hydrogen-bond donors (Lipinski definition) is 1. The van der Waals surface area contributed by atoms with Crippen molar-refractivity contribution in [3.05, 3.63) is 62.1 Å². The van der Waals surface area contributed by atoms with Gasteiger partial charge in [0.15, 0.2) is 0 Å². The van der Waals surface area contributed by atoms with Crippen LogP contribution in [0.15, 0.2) is 40.9 Å². The lowest BCUT2D eigenvalue weighted by Crippen LogP contribution is -2.30. The van der Waals surface area contributed by atoms with Gasteiger partial charge in [-0.3, -0.25) is 14.9 Å². The number of non-ortho nitro benzene ring substituents is 1. The van der Waals surface area contributed by atoms with Crippen LogP contribution < -0.4 is 10.2 Å². The van der Waals surface area contributed by atoms with Crippen LogP contribution in [-0.4, -0.2) is 24.4 Å². The number of amides is 1. The number of halogens is 1. The van der Waals surface area contributed by atoms with E-state index < -0.39 is 4.92 Å². The quantitative estimate of drug-likeness (QED) is 0.615. The van der Waals surface area contributed by atoms with Crippen molar-refractivity contribution in [2.45, 2.75) is 13.8 Å². The number of rotatable bonds is 5. The molecule has 0 aromatic heterocycles. The lowest BCUT2D eigenvalue weighted by atomic mass is 10.1. The number of nitro groups is 1. The van der Waals surface area contributed by atoms with E-state index in [9.17, 15) is 14.9 Å². The van der Waals surface area contributed by atoms with Crippen LogP contribution in [-0.2, 0) is 4.79 Å². The smallest absolute Gasteiger partial charge is 0.270 e. The molecule has 24 heavy (non-hydrogen) atoms. The van der Waals surface area contributed by atoms with Gasteiger partial charge in [-0.05, 0) is 47.0 Å². The SMILES string of the molecule is Cc1cccc(C)c1NC(=O)CN(C)c1ccc([N+](=O)[O-])cc1Br. The first-order valence-corrected chi connectivity index (χ1v) is 8.10. The van der Waals surface area contributed by atoms with Gasteiger partial charge >= 0.3 is 0 Å². The van der Waals surface area contributed by atoms with Gasteiger partial charge < -0.3 is 10.2 Å². The summed E-state index contributed by atoms with van der Waals surface area (Å²) in [5.74, 6) is -0.153. The predicted octanol–water partition coefficient (Wildman–Crippen LogP) is 4.05. The van der Waals surface area contributed by atoms with Gasteiger partial charge in [-0.2, -0.15) is 0 Å². The number of benzene rings is 2. The Kier molecular flexibility index (Phi) is 5.56. The summed E-state index contributed by atoms with van der Waals surface area (Å²) in [6.45, 7) is 4.02. The maximum absolute atomic E-state index is 12.3. The van der Waals surface area contributed by atoms with E-state index >= 15 is 0 Å². The van der Waals surface area contributed by atoms with E-state index in [1.807, 2.05) is 32.0 Å². The van der Waals surface area contributed by atoms with Crippen LogP contribution in [0.1, 0.15) is 11.1 Å². The molecule has 0 aliphatic carbocycles. The largest absolute Gasteiger partial charge is 0.364 e. The average molecular weight is 392 g/mol. The van der Waals surface area contributed by atoms with Crippen LogP contribution in [0.4, 0.5) is 17.1 Å². The number of nitro benzene ring substituents is 1. The summed E-state index contributed by atoms with van der Waals surface area (Å²) >= 11 is 3.32. The molecule has 0 radical (unpaired) electrons. The summed E-state index contributed by atoms with van der Waals surface area (Å²) in [7, 11) is 1.76. The Morgan fingerprint density at radius 3 is 2.42 bits per heavy atom. The normalized spacial score (nSPS) is 10.3. The molecule has 1 N–H and O–H groups in total. The fraction of sp³-hybridized carbons (Fsp3) is 0.235. The average Bonchev–Trinajstić information content (AvgIpc) is 2.50. The molecule has 2 aromatic carbocycles. The van der Waals surface area contributed by atoms with E-state index in [0.29, 0.717) is 10.2 Å². The number of hydrogen-bond acceptors (Lipinski definition) is 4. The van der Waals surface area contributed by atoms with Crippen LogP contribution in [0.5, 0.6) is 0 Å². The third-order valence-corrected chi connectivity index (χ3v) is 4.31. The molecule has 0 aliphatic heterocycles. The van der Waals surface area contributed by atoms with Gasteiger partial charge in [0, 0.05) is 29.3 Å². The number of likely N-dealkylation sites (N-methyl/N-ethyl adjacent to an activating group) is 1. The molecule has 0 spiro atoms. The molecule has 2 rings (SSSR count). The molecule has 1 amide bonds. The number of aryl methyl sites for hydroxylation is 2. The highest BCUT2D eigenvalue weighted by Crippen LogP contribution is 2.29. The number of carbonyl (C=O) groups is 1. The fourth-order valence-corrected chi connectivity index (χ4v) is 3.08. The number of para-hydroxylation sites is 1. The second-order valence-corrected chi connectivity index (χ2v) is 6.42. The van der Waals surface area contributed by atoms with Crippen LogP contribution in [0.2, 0.25) is 0 Å². The number of anilines is 2. The molecule has 7 heteroatoms. The van der Waals surface area contributed by atoms with Crippen LogP contribution in [0, 0.1) is 24.0 Å². The maximum Gasteiger partial charge on any atom is 0.270 e. The first kappa shape index (κ1) is 17.9. The van der Waals surface area contributed by atoms with Gasteiger partial charge in [-0.15, -0.1) is 0 Å². The Morgan fingerprint density at radius 2 is 1.88 bits per heavy atom. The minimum atomic E-state index is -0.456.